The van der Waals surface area contributed by atoms with Gasteiger partial charge in [0, 0.05) is 13.1 Å². The predicted octanol–water partition coefficient (Wildman–Crippen LogP) is 0.457. The van der Waals surface area contributed by atoms with Crippen LogP contribution in [0.2, 0.25) is 0 Å². The van der Waals surface area contributed by atoms with Crippen molar-refractivity contribution in [1.29, 1.82) is 5.41 Å². The lowest BCUT2D eigenvalue weighted by molar-refractivity contribution is -0.134. The van der Waals surface area contributed by atoms with E-state index in [1.807, 2.05) is 0 Å². The van der Waals surface area contributed by atoms with Crippen molar-refractivity contribution in [3.05, 3.63) is 30.1 Å². The Labute approximate surface area is 75.7 Å². The normalized spacial score (nSPS) is 8.08. The van der Waals surface area contributed by atoms with Gasteiger partial charge >= 0.3 is 0 Å². The molecule has 1 heterocycles. The van der Waals surface area contributed by atoms with Crippen molar-refractivity contribution >= 4 is 11.8 Å². The van der Waals surface area contributed by atoms with Crippen molar-refractivity contribution in [2.75, 3.05) is 0 Å². The third-order valence-electron chi connectivity index (χ3n) is 0.941. The second-order valence-corrected chi connectivity index (χ2v) is 2.15. The molecule has 5 heteroatoms. The number of hydrogen-bond donors (Lipinski definition) is 3. The third-order valence-corrected chi connectivity index (χ3v) is 0.941. The highest BCUT2D eigenvalue weighted by Crippen LogP contribution is 1.88. The number of nitrogen functional groups attached to an aromatic ring is 1. The minimum atomic E-state index is -0.833. The van der Waals surface area contributed by atoms with Crippen molar-refractivity contribution in [3.63, 3.8) is 0 Å². The van der Waals surface area contributed by atoms with Gasteiger partial charge in [0.25, 0.3) is 5.97 Å². The first-order chi connectivity index (χ1) is 6.04. The number of nitrogens with zero attached hydrogens (tertiary/aromatic N) is 1. The van der Waals surface area contributed by atoms with Crippen LogP contribution in [0.15, 0.2) is 24.4 Å². The number of nitrogens with two attached hydrogens (primary N) is 1. The first-order valence-electron chi connectivity index (χ1n) is 3.49. The van der Waals surface area contributed by atoms with Crippen LogP contribution in [0.4, 0.5) is 0 Å². The maximum atomic E-state index is 9.00. The highest BCUT2D eigenvalue weighted by Gasteiger charge is 1.91. The molecule has 4 N–H and O–H groups in total. The van der Waals surface area contributed by atoms with E-state index in [4.69, 9.17) is 21.0 Å². The summed E-state index contributed by atoms with van der Waals surface area (Å²) in [6.45, 7) is 1.08. The van der Waals surface area contributed by atoms with Gasteiger partial charge in [-0.15, -0.1) is 0 Å². The monoisotopic (exact) mass is 181 g/mol. The summed E-state index contributed by atoms with van der Waals surface area (Å²) in [6.07, 6.45) is 1.61. The van der Waals surface area contributed by atoms with Gasteiger partial charge < -0.3 is 10.8 Å². The van der Waals surface area contributed by atoms with Gasteiger partial charge in [0.1, 0.15) is 11.5 Å². The Morgan fingerprint density at radius 2 is 2.15 bits per heavy atom. The molecular formula is C8H11N3O2. The summed E-state index contributed by atoms with van der Waals surface area (Å²) in [5.74, 6) is -0.824. The first kappa shape index (κ1) is 11.1. The van der Waals surface area contributed by atoms with Crippen molar-refractivity contribution < 1.29 is 9.90 Å². The number of amidine groups is 1. The van der Waals surface area contributed by atoms with Crippen LogP contribution < -0.4 is 5.73 Å². The highest BCUT2D eigenvalue weighted by atomic mass is 16.4. The van der Waals surface area contributed by atoms with E-state index in [-0.39, 0.29) is 5.84 Å². The van der Waals surface area contributed by atoms with Gasteiger partial charge in [-0.05, 0) is 12.1 Å². The number of nitrogens with one attached hydrogen (secondary N) is 1. The van der Waals surface area contributed by atoms with E-state index in [1.54, 1.807) is 24.4 Å². The molecule has 0 saturated heterocycles. The molecule has 0 amide bonds. The topological polar surface area (TPSA) is 100 Å². The zero-order valence-electron chi connectivity index (χ0n) is 7.19. The van der Waals surface area contributed by atoms with E-state index in [0.717, 1.165) is 6.92 Å². The molecule has 0 aromatic carbocycles. The Hall–Kier alpha value is -1.91. The summed E-state index contributed by atoms with van der Waals surface area (Å²) < 4.78 is 0. The standard InChI is InChI=1S/C6H7N3.C2H4O2/c7-6(8)5-3-1-2-4-9-5;1-2(3)4/h1-4H,(H3,7,8);1H3,(H,3,4). The summed E-state index contributed by atoms with van der Waals surface area (Å²) >= 11 is 0. The molecule has 1 rings (SSSR count). The molecule has 13 heavy (non-hydrogen) atoms. The molecule has 0 aliphatic rings. The Morgan fingerprint density at radius 1 is 1.62 bits per heavy atom. The molecule has 0 fully saturated rings. The van der Waals surface area contributed by atoms with Gasteiger partial charge in [0.2, 0.25) is 0 Å². The average molecular weight is 181 g/mol. The second-order valence-electron chi connectivity index (χ2n) is 2.15. The molecule has 0 saturated carbocycles. The Balaban J connectivity index is 0.000000310. The van der Waals surface area contributed by atoms with Crippen molar-refractivity contribution in [2.24, 2.45) is 5.73 Å². The quantitative estimate of drug-likeness (QED) is 0.432. The molecule has 5 nitrogen and oxygen atoms in total. The molecule has 1 aromatic heterocycles. The minimum absolute atomic E-state index is 0.00981. The summed E-state index contributed by atoms with van der Waals surface area (Å²) in [5, 5.41) is 14.4. The lowest BCUT2D eigenvalue weighted by atomic mass is 10.3. The number of aromatic nitrogens is 1. The van der Waals surface area contributed by atoms with Gasteiger partial charge in [-0.25, -0.2) is 0 Å². The molecule has 0 spiro atoms. The lowest BCUT2D eigenvalue weighted by Gasteiger charge is -1.91. The molecular weight excluding hydrogens is 170 g/mol. The van der Waals surface area contributed by atoms with Gasteiger partial charge in [-0.3, -0.25) is 15.2 Å². The van der Waals surface area contributed by atoms with E-state index in [1.165, 1.54) is 0 Å². The highest BCUT2D eigenvalue weighted by molar-refractivity contribution is 5.92. The Morgan fingerprint density at radius 3 is 2.38 bits per heavy atom. The molecule has 0 unspecified atom stereocenters. The second kappa shape index (κ2) is 5.70. The smallest absolute Gasteiger partial charge is 0.300 e. The fourth-order valence-corrected chi connectivity index (χ4v) is 0.522. The molecule has 70 valence electrons. The number of rotatable bonds is 1. The maximum Gasteiger partial charge on any atom is 0.300 e. The molecule has 0 bridgehead atoms. The zero-order chi connectivity index (χ0) is 10.3. The van der Waals surface area contributed by atoms with Gasteiger partial charge in [0.05, 0.1) is 0 Å². The van der Waals surface area contributed by atoms with Crippen LogP contribution >= 0.6 is 0 Å². The van der Waals surface area contributed by atoms with E-state index >= 15 is 0 Å². The molecule has 0 aliphatic heterocycles. The van der Waals surface area contributed by atoms with Crippen LogP contribution in [0.5, 0.6) is 0 Å². The minimum Gasteiger partial charge on any atom is -0.481 e. The molecule has 0 aliphatic carbocycles. The fraction of sp³-hybridized carbons (Fsp3) is 0.125. The van der Waals surface area contributed by atoms with Crippen LogP contribution in [0.25, 0.3) is 0 Å². The van der Waals surface area contributed by atoms with Crippen LogP contribution in [-0.2, 0) is 4.79 Å². The fourth-order valence-electron chi connectivity index (χ4n) is 0.522. The SMILES string of the molecule is CC(=O)O.N=C(N)c1ccccn1. The molecule has 0 atom stereocenters. The van der Waals surface area contributed by atoms with E-state index in [9.17, 15) is 0 Å². The summed E-state index contributed by atoms with van der Waals surface area (Å²) in [4.78, 5) is 12.8. The van der Waals surface area contributed by atoms with Gasteiger partial charge in [0.15, 0.2) is 0 Å². The van der Waals surface area contributed by atoms with Crippen LogP contribution in [0, 0.1) is 5.41 Å². The molecule has 1 aromatic rings. The Bertz CT molecular complexity index is 281. The maximum absolute atomic E-state index is 9.00. The number of carboxylic acids is 1. The van der Waals surface area contributed by atoms with Crippen LogP contribution in [0.1, 0.15) is 12.6 Å². The van der Waals surface area contributed by atoms with E-state index < -0.39 is 5.97 Å². The molecule has 0 radical (unpaired) electrons. The lowest BCUT2D eigenvalue weighted by Crippen LogP contribution is -2.12. The summed E-state index contributed by atoms with van der Waals surface area (Å²) in [7, 11) is 0. The van der Waals surface area contributed by atoms with Crippen molar-refractivity contribution in [1.82, 2.24) is 4.98 Å². The number of pyridine rings is 1. The average Bonchev–Trinajstić information content (AvgIpc) is 2.05. The summed E-state index contributed by atoms with van der Waals surface area (Å²) in [5.41, 5.74) is 5.66. The predicted molar refractivity (Wildman–Crippen MR) is 48.6 cm³/mol. The third kappa shape index (κ3) is 6.49. The van der Waals surface area contributed by atoms with Crippen molar-refractivity contribution in [2.45, 2.75) is 6.92 Å². The van der Waals surface area contributed by atoms with Crippen molar-refractivity contribution in [3.8, 4) is 0 Å². The number of carboxylic acid groups (broad SMARTS) is 1. The van der Waals surface area contributed by atoms with Gasteiger partial charge in [-0.2, -0.15) is 0 Å². The first-order valence-corrected chi connectivity index (χ1v) is 3.49. The number of hydrogen-bond acceptors (Lipinski definition) is 3. The Kier molecular flexibility index (Phi) is 4.87. The van der Waals surface area contributed by atoms with E-state index in [0.29, 0.717) is 5.69 Å². The van der Waals surface area contributed by atoms with Gasteiger partial charge in [-0.1, -0.05) is 6.07 Å². The zero-order valence-corrected chi connectivity index (χ0v) is 7.19. The van der Waals surface area contributed by atoms with E-state index in [2.05, 4.69) is 4.98 Å². The van der Waals surface area contributed by atoms with Crippen LogP contribution in [0.3, 0.4) is 0 Å². The van der Waals surface area contributed by atoms with Crippen LogP contribution in [-0.4, -0.2) is 21.9 Å². The largest absolute Gasteiger partial charge is 0.481 e. The number of aliphatic carboxylic acids is 1. The summed E-state index contributed by atoms with van der Waals surface area (Å²) in [6, 6.07) is 5.28. The number of carbonyl (C=O) groups is 1.